The number of aliphatic hydroxyl groups excluding tert-OH is 1. The average Bonchev–Trinajstić information content (AvgIpc) is 2.85. The van der Waals surface area contributed by atoms with Crippen molar-refractivity contribution in [1.82, 2.24) is 4.90 Å². The molecule has 2 amide bonds. The van der Waals surface area contributed by atoms with Crippen LogP contribution in [0.25, 0.3) is 0 Å². The fraction of sp³-hybridized carbons (Fsp3) is 0.280. The summed E-state index contributed by atoms with van der Waals surface area (Å²) < 4.78 is 45.1. The third kappa shape index (κ3) is 6.25. The first-order valence-electron chi connectivity index (χ1n) is 10.9. The summed E-state index contributed by atoms with van der Waals surface area (Å²) >= 11 is 0. The number of guanidine groups is 1. The summed E-state index contributed by atoms with van der Waals surface area (Å²) in [7, 11) is 1.09. The fourth-order valence-electron chi connectivity index (χ4n) is 3.87. The van der Waals surface area contributed by atoms with Gasteiger partial charge in [-0.25, -0.2) is 9.59 Å². The summed E-state index contributed by atoms with van der Waals surface area (Å²) in [5, 5.41) is 27.4. The molecule has 1 aromatic carbocycles. The molecule has 1 aliphatic rings. The number of rotatable bonds is 8. The molecule has 1 aliphatic heterocycles. The van der Waals surface area contributed by atoms with Crippen LogP contribution in [0.2, 0.25) is 0 Å². The Labute approximate surface area is 211 Å². The third-order valence-corrected chi connectivity index (χ3v) is 5.57. The van der Waals surface area contributed by atoms with Gasteiger partial charge in [0.1, 0.15) is 0 Å². The van der Waals surface area contributed by atoms with Gasteiger partial charge in [0.05, 0.1) is 35.9 Å². The lowest BCUT2D eigenvalue weighted by molar-refractivity contribution is -0.138. The summed E-state index contributed by atoms with van der Waals surface area (Å²) in [6, 6.07) is 3.49. The maximum absolute atomic E-state index is 13.4. The molecule has 1 atom stereocenters. The van der Waals surface area contributed by atoms with E-state index in [2.05, 4.69) is 6.58 Å². The minimum absolute atomic E-state index is 0.0294. The number of hydrogen-bond acceptors (Lipinski definition) is 6. The number of benzene rings is 1. The quantitative estimate of drug-likeness (QED) is 0.270. The Morgan fingerprint density at radius 1 is 1.35 bits per heavy atom. The predicted octanol–water partition coefficient (Wildman–Crippen LogP) is 3.99. The van der Waals surface area contributed by atoms with E-state index in [-0.39, 0.29) is 42.0 Å². The van der Waals surface area contributed by atoms with E-state index >= 15 is 0 Å². The second kappa shape index (κ2) is 12.0. The molecule has 0 unspecified atom stereocenters. The van der Waals surface area contributed by atoms with Gasteiger partial charge in [0, 0.05) is 18.0 Å². The number of nitrogens with one attached hydrogen (secondary N) is 1. The van der Waals surface area contributed by atoms with Crippen LogP contribution in [0.1, 0.15) is 25.3 Å². The summed E-state index contributed by atoms with van der Waals surface area (Å²) in [5.74, 6) is -1.52. The zero-order chi connectivity index (χ0) is 27.9. The molecule has 2 rings (SSSR count). The van der Waals surface area contributed by atoms with Crippen LogP contribution >= 0.6 is 0 Å². The van der Waals surface area contributed by atoms with Crippen LogP contribution in [0.4, 0.5) is 23.7 Å². The molecule has 0 saturated heterocycles. The number of carbonyl (C=O) groups is 2. The van der Waals surface area contributed by atoms with Crippen molar-refractivity contribution >= 4 is 23.6 Å². The third-order valence-electron chi connectivity index (χ3n) is 5.57. The van der Waals surface area contributed by atoms with E-state index in [1.54, 1.807) is 0 Å². The van der Waals surface area contributed by atoms with E-state index in [0.717, 1.165) is 35.1 Å². The second-order valence-electron chi connectivity index (χ2n) is 7.82. The molecule has 0 aliphatic carbocycles. The predicted molar refractivity (Wildman–Crippen MR) is 130 cm³/mol. The van der Waals surface area contributed by atoms with Gasteiger partial charge in [0.25, 0.3) is 0 Å². The monoisotopic (exact) mass is 517 g/mol. The van der Waals surface area contributed by atoms with Crippen LogP contribution in [0.15, 0.2) is 71.5 Å². The van der Waals surface area contributed by atoms with E-state index in [4.69, 9.17) is 15.9 Å². The van der Waals surface area contributed by atoms with Gasteiger partial charge in [0.15, 0.2) is 0 Å². The highest BCUT2D eigenvalue weighted by atomic mass is 19.4. The fourth-order valence-corrected chi connectivity index (χ4v) is 3.87. The number of esters is 1. The maximum Gasteiger partial charge on any atom is 0.416 e. The Bertz CT molecular complexity index is 1230. The zero-order valence-electron chi connectivity index (χ0n) is 20.2. The molecule has 37 heavy (non-hydrogen) atoms. The number of allylic oxidation sites excluding steroid dienone is 5. The van der Waals surface area contributed by atoms with E-state index < -0.39 is 35.7 Å². The number of nitrogens with zero attached hydrogens (tertiary/aromatic N) is 3. The molecular formula is C25H26F3N5O4. The number of primary amides is 1. The normalized spacial score (nSPS) is 17.0. The number of aliphatic hydroxyl groups is 1. The number of nitrogens with two attached hydrogens (primary N) is 1. The summed E-state index contributed by atoms with van der Waals surface area (Å²) in [6.45, 7) is 4.68. The molecule has 0 bridgehead atoms. The van der Waals surface area contributed by atoms with Gasteiger partial charge < -0.3 is 15.6 Å². The number of nitriles is 1. The minimum atomic E-state index is -4.68. The van der Waals surface area contributed by atoms with Crippen LogP contribution in [-0.2, 0) is 15.7 Å². The zero-order valence-corrected chi connectivity index (χ0v) is 20.2. The van der Waals surface area contributed by atoms with Gasteiger partial charge in [-0.05, 0) is 49.6 Å². The van der Waals surface area contributed by atoms with Gasteiger partial charge in [-0.3, -0.25) is 15.2 Å². The van der Waals surface area contributed by atoms with E-state index in [9.17, 15) is 33.1 Å². The number of carbonyl (C=O) groups excluding carboxylic acids is 2. The summed E-state index contributed by atoms with van der Waals surface area (Å²) in [6.07, 6.45) is -0.268. The SMILES string of the molecule is C=C/C(C#N)=C\C=C(/CCCO)[C@@H]1C(C(=O)OC)=C(C)N(c2cccc(C(F)(F)F)c2)C(=N)N1C(N)=O. The van der Waals surface area contributed by atoms with Crippen molar-refractivity contribution < 1.29 is 32.6 Å². The van der Waals surface area contributed by atoms with Gasteiger partial charge in [0.2, 0.25) is 5.96 Å². The van der Waals surface area contributed by atoms with E-state index in [1.807, 2.05) is 6.07 Å². The summed E-state index contributed by atoms with van der Waals surface area (Å²) in [4.78, 5) is 27.4. The molecular weight excluding hydrogens is 491 g/mol. The number of anilines is 1. The minimum Gasteiger partial charge on any atom is -0.466 e. The van der Waals surface area contributed by atoms with Gasteiger partial charge in [-0.15, -0.1) is 0 Å². The lowest BCUT2D eigenvalue weighted by Gasteiger charge is -2.43. The molecule has 12 heteroatoms. The highest BCUT2D eigenvalue weighted by molar-refractivity contribution is 6.10. The number of methoxy groups -OCH3 is 1. The number of amides is 2. The Balaban J connectivity index is 2.89. The second-order valence-corrected chi connectivity index (χ2v) is 7.82. The largest absolute Gasteiger partial charge is 0.466 e. The van der Waals surface area contributed by atoms with E-state index in [1.165, 1.54) is 31.2 Å². The molecule has 0 aromatic heterocycles. The highest BCUT2D eigenvalue weighted by Crippen LogP contribution is 2.38. The molecule has 196 valence electrons. The summed E-state index contributed by atoms with van der Waals surface area (Å²) in [5.41, 5.74) is 4.82. The number of alkyl halides is 3. The first-order valence-corrected chi connectivity index (χ1v) is 10.9. The number of urea groups is 1. The number of ether oxygens (including phenoxy) is 1. The van der Waals surface area contributed by atoms with Crippen molar-refractivity contribution in [3.8, 4) is 6.07 Å². The van der Waals surface area contributed by atoms with Crippen molar-refractivity contribution in [3.05, 3.63) is 77.1 Å². The molecule has 0 spiro atoms. The first-order chi connectivity index (χ1) is 17.4. The Kier molecular flexibility index (Phi) is 9.40. The van der Waals surface area contributed by atoms with Crippen LogP contribution in [0.3, 0.4) is 0 Å². The van der Waals surface area contributed by atoms with Crippen LogP contribution in [0, 0.1) is 16.7 Å². The van der Waals surface area contributed by atoms with Crippen LogP contribution in [0.5, 0.6) is 0 Å². The molecule has 0 fully saturated rings. The van der Waals surface area contributed by atoms with Crippen molar-refractivity contribution in [1.29, 1.82) is 10.7 Å². The molecule has 0 radical (unpaired) electrons. The van der Waals surface area contributed by atoms with Gasteiger partial charge >= 0.3 is 18.2 Å². The topological polar surface area (TPSA) is 144 Å². The Morgan fingerprint density at radius 3 is 2.54 bits per heavy atom. The molecule has 0 saturated carbocycles. The van der Waals surface area contributed by atoms with Crippen molar-refractivity contribution in [3.63, 3.8) is 0 Å². The lowest BCUT2D eigenvalue weighted by atomic mass is 9.89. The van der Waals surface area contributed by atoms with Crippen LogP contribution < -0.4 is 10.6 Å². The van der Waals surface area contributed by atoms with Crippen molar-refractivity contribution in [2.24, 2.45) is 5.73 Å². The molecule has 1 aromatic rings. The molecule has 1 heterocycles. The Hall–Kier alpha value is -4.37. The molecule has 4 N–H and O–H groups in total. The van der Waals surface area contributed by atoms with E-state index in [0.29, 0.717) is 5.57 Å². The first kappa shape index (κ1) is 28.9. The number of hydrogen-bond donors (Lipinski definition) is 3. The van der Waals surface area contributed by atoms with Crippen molar-refractivity contribution in [2.75, 3.05) is 18.6 Å². The van der Waals surface area contributed by atoms with Crippen molar-refractivity contribution in [2.45, 2.75) is 32.0 Å². The smallest absolute Gasteiger partial charge is 0.416 e. The molecule has 9 nitrogen and oxygen atoms in total. The standard InChI is InChI=1S/C25H26F3N5O4/c1-4-16(14-29)10-11-17(7-6-12-34)21-20(22(35)37-3)15(2)32(23(30)33(21)24(31)36)19-9-5-8-18(13-19)25(26,27)28/h4-5,8-11,13,21,30,34H,1,6-7,12H2,2-3H3,(H2,31,36)/b16-10+,17-11+,30-23?/t21-/m1/s1. The lowest BCUT2D eigenvalue weighted by Crippen LogP contribution is -2.59. The maximum atomic E-state index is 13.4. The average molecular weight is 518 g/mol. The Morgan fingerprint density at radius 2 is 2.03 bits per heavy atom. The van der Waals surface area contributed by atoms with Gasteiger partial charge in [-0.2, -0.15) is 18.4 Å². The van der Waals surface area contributed by atoms with Gasteiger partial charge in [-0.1, -0.05) is 24.8 Å². The number of halogens is 3. The highest BCUT2D eigenvalue weighted by Gasteiger charge is 2.44. The van der Waals surface area contributed by atoms with Crippen LogP contribution in [-0.4, -0.2) is 47.7 Å².